The van der Waals surface area contributed by atoms with Crippen molar-refractivity contribution in [3.8, 4) is 0 Å². The fourth-order valence-electron chi connectivity index (χ4n) is 3.43. The lowest BCUT2D eigenvalue weighted by atomic mass is 9.99. The van der Waals surface area contributed by atoms with E-state index in [0.29, 0.717) is 22.5 Å². The summed E-state index contributed by atoms with van der Waals surface area (Å²) in [5, 5.41) is 6.46. The van der Waals surface area contributed by atoms with Crippen LogP contribution in [-0.4, -0.2) is 42.4 Å². The van der Waals surface area contributed by atoms with Crippen molar-refractivity contribution in [2.45, 2.75) is 39.7 Å². The van der Waals surface area contributed by atoms with Gasteiger partial charge in [-0.1, -0.05) is 6.92 Å². The van der Waals surface area contributed by atoms with Crippen LogP contribution in [0.5, 0.6) is 0 Å². The minimum atomic E-state index is -0.318. The molecule has 2 aromatic rings. The highest BCUT2D eigenvalue weighted by Gasteiger charge is 2.22. The van der Waals surface area contributed by atoms with E-state index < -0.39 is 0 Å². The third kappa shape index (κ3) is 4.99. The maximum Gasteiger partial charge on any atom is 0.291 e. The van der Waals surface area contributed by atoms with Crippen LogP contribution in [0.15, 0.2) is 28.9 Å². The number of aryl methyl sites for hydroxylation is 1. The van der Waals surface area contributed by atoms with Gasteiger partial charge >= 0.3 is 0 Å². The first-order valence-corrected chi connectivity index (χ1v) is 10.2. The van der Waals surface area contributed by atoms with Gasteiger partial charge in [0.15, 0.2) is 5.76 Å². The molecular formula is C20H27N3O3S. The van der Waals surface area contributed by atoms with Crippen LogP contribution >= 0.6 is 11.3 Å². The Morgan fingerprint density at radius 2 is 2.22 bits per heavy atom. The molecule has 0 spiro atoms. The van der Waals surface area contributed by atoms with Crippen molar-refractivity contribution in [1.29, 1.82) is 0 Å². The normalized spacial score (nSPS) is 18.9. The summed E-state index contributed by atoms with van der Waals surface area (Å²) in [6, 6.07) is 5.40. The molecule has 0 saturated carbocycles. The number of rotatable bonds is 6. The maximum absolute atomic E-state index is 12.6. The van der Waals surface area contributed by atoms with E-state index in [2.05, 4.69) is 29.4 Å². The first kappa shape index (κ1) is 19.6. The topological polar surface area (TPSA) is 74.6 Å². The van der Waals surface area contributed by atoms with Crippen LogP contribution in [0.2, 0.25) is 0 Å². The molecule has 0 aromatic carbocycles. The maximum atomic E-state index is 12.6. The summed E-state index contributed by atoms with van der Waals surface area (Å²) in [6.45, 7) is 9.14. The molecule has 1 fully saturated rings. The second-order valence-electron chi connectivity index (χ2n) is 7.36. The van der Waals surface area contributed by atoms with Crippen LogP contribution in [0.25, 0.3) is 0 Å². The molecule has 0 aliphatic carbocycles. The number of anilines is 1. The number of piperidine rings is 1. The van der Waals surface area contributed by atoms with Gasteiger partial charge in [-0.3, -0.25) is 14.5 Å². The van der Waals surface area contributed by atoms with Gasteiger partial charge in [-0.25, -0.2) is 0 Å². The summed E-state index contributed by atoms with van der Waals surface area (Å²) in [6.07, 6.45) is 3.97. The molecular weight excluding hydrogens is 362 g/mol. The molecule has 0 radical (unpaired) electrons. The number of hydrogen-bond acceptors (Lipinski definition) is 5. The summed E-state index contributed by atoms with van der Waals surface area (Å²) < 4.78 is 5.09. The molecule has 1 saturated heterocycles. The van der Waals surface area contributed by atoms with Gasteiger partial charge in [-0.2, -0.15) is 0 Å². The van der Waals surface area contributed by atoms with Crippen molar-refractivity contribution < 1.29 is 14.0 Å². The van der Waals surface area contributed by atoms with Gasteiger partial charge in [-0.05, 0) is 62.9 Å². The Bertz CT molecular complexity index is 785. The minimum Gasteiger partial charge on any atom is -0.459 e. The second kappa shape index (κ2) is 8.71. The van der Waals surface area contributed by atoms with Gasteiger partial charge in [0.05, 0.1) is 16.1 Å². The molecule has 7 heteroatoms. The zero-order valence-electron chi connectivity index (χ0n) is 16.1. The van der Waals surface area contributed by atoms with Crippen LogP contribution in [0.4, 0.5) is 5.00 Å². The average Bonchev–Trinajstić information content (AvgIpc) is 3.29. The van der Waals surface area contributed by atoms with Crippen molar-refractivity contribution >= 4 is 28.2 Å². The number of amides is 2. The Balaban J connectivity index is 1.55. The van der Waals surface area contributed by atoms with E-state index in [9.17, 15) is 9.59 Å². The van der Waals surface area contributed by atoms with Gasteiger partial charge in [-0.15, -0.1) is 11.3 Å². The zero-order chi connectivity index (χ0) is 19.4. The van der Waals surface area contributed by atoms with E-state index in [1.54, 1.807) is 12.1 Å². The summed E-state index contributed by atoms with van der Waals surface area (Å²) in [4.78, 5) is 27.8. The van der Waals surface area contributed by atoms with E-state index in [1.165, 1.54) is 30.4 Å². The number of hydrogen-bond donors (Lipinski definition) is 2. The number of thiophene rings is 1. The van der Waals surface area contributed by atoms with Crippen molar-refractivity contribution in [2.24, 2.45) is 5.92 Å². The molecule has 146 valence electrons. The lowest BCUT2D eigenvalue weighted by molar-refractivity contribution is 0.0920. The molecule has 0 unspecified atom stereocenters. The highest BCUT2D eigenvalue weighted by atomic mass is 32.1. The lowest BCUT2D eigenvalue weighted by Crippen LogP contribution is -2.46. The van der Waals surface area contributed by atoms with Crippen LogP contribution in [0.3, 0.4) is 0 Å². The molecule has 27 heavy (non-hydrogen) atoms. The van der Waals surface area contributed by atoms with E-state index >= 15 is 0 Å². The lowest BCUT2D eigenvalue weighted by Gasteiger charge is -2.35. The smallest absolute Gasteiger partial charge is 0.291 e. The Morgan fingerprint density at radius 1 is 1.41 bits per heavy atom. The molecule has 2 atom stereocenters. The number of nitrogens with one attached hydrogen (secondary N) is 2. The Labute approximate surface area is 163 Å². The molecule has 3 heterocycles. The minimum absolute atomic E-state index is 0.0899. The highest BCUT2D eigenvalue weighted by Crippen LogP contribution is 2.27. The van der Waals surface area contributed by atoms with E-state index in [1.807, 2.05) is 13.0 Å². The Morgan fingerprint density at radius 3 is 2.93 bits per heavy atom. The largest absolute Gasteiger partial charge is 0.459 e. The van der Waals surface area contributed by atoms with Gasteiger partial charge in [0, 0.05) is 19.1 Å². The highest BCUT2D eigenvalue weighted by molar-refractivity contribution is 7.18. The van der Waals surface area contributed by atoms with Gasteiger partial charge in [0.25, 0.3) is 11.8 Å². The molecule has 6 nitrogen and oxygen atoms in total. The number of nitrogens with zero attached hydrogens (tertiary/aromatic N) is 1. The molecule has 2 amide bonds. The molecule has 2 aromatic heterocycles. The number of furan rings is 1. The van der Waals surface area contributed by atoms with Crippen molar-refractivity contribution in [2.75, 3.05) is 25.0 Å². The fraction of sp³-hybridized carbons (Fsp3) is 0.500. The standard InChI is InChI=1S/C20H27N3O3S/c1-13-6-4-8-23(12-13)15(3)11-21-20(25)18-14(2)10-17(27-18)22-19(24)16-7-5-9-26-16/h5,7,9-10,13,15H,4,6,8,11-12H2,1-3H3,(H,21,25)(H,22,24)/t13-,15+/m0/s1. The van der Waals surface area contributed by atoms with Crippen molar-refractivity contribution in [3.05, 3.63) is 40.7 Å². The second-order valence-corrected chi connectivity index (χ2v) is 8.41. The summed E-state index contributed by atoms with van der Waals surface area (Å²) in [5.74, 6) is 0.558. The van der Waals surface area contributed by atoms with Crippen molar-refractivity contribution in [3.63, 3.8) is 0 Å². The molecule has 1 aliphatic heterocycles. The van der Waals surface area contributed by atoms with Crippen LogP contribution in [0, 0.1) is 12.8 Å². The third-order valence-electron chi connectivity index (χ3n) is 4.98. The predicted octanol–water partition coefficient (Wildman–Crippen LogP) is 3.75. The number of carbonyl (C=O) groups is 2. The summed E-state index contributed by atoms with van der Waals surface area (Å²) in [7, 11) is 0. The van der Waals surface area contributed by atoms with Crippen LogP contribution in [0.1, 0.15) is 52.5 Å². The van der Waals surface area contributed by atoms with Crippen LogP contribution in [-0.2, 0) is 0 Å². The number of carbonyl (C=O) groups excluding carboxylic acids is 2. The summed E-state index contributed by atoms with van der Waals surface area (Å²) >= 11 is 1.28. The number of likely N-dealkylation sites (tertiary alicyclic amines) is 1. The molecule has 1 aliphatic rings. The fourth-order valence-corrected chi connectivity index (χ4v) is 4.41. The Hall–Kier alpha value is -2.12. The van der Waals surface area contributed by atoms with E-state index in [4.69, 9.17) is 4.42 Å². The van der Waals surface area contributed by atoms with Crippen LogP contribution < -0.4 is 10.6 Å². The predicted molar refractivity (Wildman–Crippen MR) is 107 cm³/mol. The SMILES string of the molecule is Cc1cc(NC(=O)c2ccco2)sc1C(=O)NC[C@@H](C)N1CCC[C@H](C)C1. The summed E-state index contributed by atoms with van der Waals surface area (Å²) in [5.41, 5.74) is 0.853. The van der Waals surface area contributed by atoms with Gasteiger partial charge in [0.1, 0.15) is 0 Å². The Kier molecular flexibility index (Phi) is 6.34. The van der Waals surface area contributed by atoms with E-state index in [0.717, 1.165) is 24.6 Å². The third-order valence-corrected chi connectivity index (χ3v) is 6.13. The zero-order valence-corrected chi connectivity index (χ0v) is 16.9. The molecule has 0 bridgehead atoms. The first-order chi connectivity index (χ1) is 12.9. The van der Waals surface area contributed by atoms with E-state index in [-0.39, 0.29) is 17.6 Å². The first-order valence-electron chi connectivity index (χ1n) is 9.41. The average molecular weight is 390 g/mol. The molecule has 3 rings (SSSR count). The van der Waals surface area contributed by atoms with Crippen molar-refractivity contribution in [1.82, 2.24) is 10.2 Å². The van der Waals surface area contributed by atoms with Gasteiger partial charge in [0.2, 0.25) is 0 Å². The monoisotopic (exact) mass is 389 g/mol. The van der Waals surface area contributed by atoms with Gasteiger partial charge < -0.3 is 15.1 Å². The quantitative estimate of drug-likeness (QED) is 0.789. The molecule has 2 N–H and O–H groups in total.